The van der Waals surface area contributed by atoms with Crippen molar-refractivity contribution < 1.29 is 22.7 Å². The SMILES string of the molecule is C[C@@H]1CN(C(=O)OC(C)(C)C)CCN1c1ncc(C(N)=O)c(Nc2ccccc2S(C)(=O)=O)n1. The molecule has 1 atom stereocenters. The summed E-state index contributed by atoms with van der Waals surface area (Å²) in [6.07, 6.45) is 2.02. The third-order valence-electron chi connectivity index (χ3n) is 5.12. The van der Waals surface area contributed by atoms with E-state index in [0.717, 1.165) is 6.26 Å². The number of amides is 2. The van der Waals surface area contributed by atoms with Crippen LogP contribution >= 0.6 is 0 Å². The summed E-state index contributed by atoms with van der Waals surface area (Å²) >= 11 is 0. The van der Waals surface area contributed by atoms with Gasteiger partial charge in [-0.05, 0) is 39.8 Å². The summed E-state index contributed by atoms with van der Waals surface area (Å²) in [5, 5.41) is 2.93. The summed E-state index contributed by atoms with van der Waals surface area (Å²) < 4.78 is 29.8. The van der Waals surface area contributed by atoms with Crippen LogP contribution in [0.3, 0.4) is 0 Å². The molecule has 1 aliphatic heterocycles. The minimum atomic E-state index is -3.54. The minimum absolute atomic E-state index is 0.0205. The zero-order chi connectivity index (χ0) is 25.3. The Morgan fingerprint density at radius 2 is 1.88 bits per heavy atom. The van der Waals surface area contributed by atoms with Gasteiger partial charge in [-0.2, -0.15) is 4.98 Å². The van der Waals surface area contributed by atoms with E-state index in [1.54, 1.807) is 23.1 Å². The molecule has 3 N–H and O–H groups in total. The minimum Gasteiger partial charge on any atom is -0.444 e. The van der Waals surface area contributed by atoms with Crippen LogP contribution in [0.25, 0.3) is 0 Å². The zero-order valence-electron chi connectivity index (χ0n) is 19.9. The molecule has 184 valence electrons. The van der Waals surface area contributed by atoms with Crippen molar-refractivity contribution in [1.29, 1.82) is 0 Å². The molecule has 3 rings (SSSR count). The van der Waals surface area contributed by atoms with Gasteiger partial charge in [0.05, 0.1) is 10.6 Å². The van der Waals surface area contributed by atoms with Crippen LogP contribution in [0.1, 0.15) is 38.1 Å². The summed E-state index contributed by atoms with van der Waals surface area (Å²) in [4.78, 5) is 36.8. The number of nitrogens with zero attached hydrogens (tertiary/aromatic N) is 4. The van der Waals surface area contributed by atoms with Crippen molar-refractivity contribution >= 4 is 39.3 Å². The molecule has 11 nitrogen and oxygen atoms in total. The fourth-order valence-electron chi connectivity index (χ4n) is 3.55. The molecular weight excluding hydrogens is 460 g/mol. The van der Waals surface area contributed by atoms with Crippen LogP contribution < -0.4 is 16.0 Å². The Kier molecular flexibility index (Phi) is 7.01. The van der Waals surface area contributed by atoms with E-state index in [4.69, 9.17) is 10.5 Å². The second-order valence-electron chi connectivity index (χ2n) is 9.16. The van der Waals surface area contributed by atoms with Gasteiger partial charge in [0.1, 0.15) is 17.0 Å². The van der Waals surface area contributed by atoms with E-state index in [9.17, 15) is 18.0 Å². The quantitative estimate of drug-likeness (QED) is 0.643. The first kappa shape index (κ1) is 25.2. The van der Waals surface area contributed by atoms with Crippen molar-refractivity contribution in [3.63, 3.8) is 0 Å². The average Bonchev–Trinajstić information content (AvgIpc) is 2.72. The molecule has 1 aliphatic rings. The highest BCUT2D eigenvalue weighted by Gasteiger charge is 2.31. The van der Waals surface area contributed by atoms with Gasteiger partial charge < -0.3 is 25.6 Å². The van der Waals surface area contributed by atoms with Gasteiger partial charge in [0.25, 0.3) is 5.91 Å². The van der Waals surface area contributed by atoms with E-state index in [-0.39, 0.29) is 34.1 Å². The normalized spacial score (nSPS) is 16.8. The van der Waals surface area contributed by atoms with Crippen LogP contribution in [-0.2, 0) is 14.6 Å². The summed E-state index contributed by atoms with van der Waals surface area (Å²) in [7, 11) is -3.54. The fourth-order valence-corrected chi connectivity index (χ4v) is 4.40. The summed E-state index contributed by atoms with van der Waals surface area (Å²) in [6.45, 7) is 8.61. The lowest BCUT2D eigenvalue weighted by molar-refractivity contribution is 0.0218. The van der Waals surface area contributed by atoms with Gasteiger partial charge in [0.2, 0.25) is 5.95 Å². The van der Waals surface area contributed by atoms with E-state index in [2.05, 4.69) is 15.3 Å². The van der Waals surface area contributed by atoms with Crippen molar-refractivity contribution in [2.45, 2.75) is 44.2 Å². The lowest BCUT2D eigenvalue weighted by Gasteiger charge is -2.40. The number of carbonyl (C=O) groups is 2. The number of rotatable bonds is 5. The maximum atomic E-state index is 12.4. The highest BCUT2D eigenvalue weighted by Crippen LogP contribution is 2.27. The Morgan fingerprint density at radius 1 is 1.21 bits per heavy atom. The van der Waals surface area contributed by atoms with E-state index < -0.39 is 21.3 Å². The molecule has 0 radical (unpaired) electrons. The van der Waals surface area contributed by atoms with Gasteiger partial charge in [0, 0.05) is 38.1 Å². The predicted molar refractivity (Wildman–Crippen MR) is 128 cm³/mol. The first-order valence-corrected chi connectivity index (χ1v) is 12.6. The van der Waals surface area contributed by atoms with Gasteiger partial charge in [0.15, 0.2) is 9.84 Å². The van der Waals surface area contributed by atoms with E-state index in [0.29, 0.717) is 25.6 Å². The van der Waals surface area contributed by atoms with Crippen LogP contribution in [0.2, 0.25) is 0 Å². The molecule has 0 bridgehead atoms. The van der Waals surface area contributed by atoms with Crippen molar-refractivity contribution in [3.8, 4) is 0 Å². The molecule has 1 aromatic heterocycles. The molecule has 2 aromatic rings. The zero-order valence-corrected chi connectivity index (χ0v) is 20.7. The van der Waals surface area contributed by atoms with Crippen LogP contribution in [0.4, 0.5) is 22.2 Å². The van der Waals surface area contributed by atoms with Gasteiger partial charge in [-0.25, -0.2) is 18.2 Å². The lowest BCUT2D eigenvalue weighted by Crippen LogP contribution is -2.55. The maximum Gasteiger partial charge on any atom is 0.410 e. The lowest BCUT2D eigenvalue weighted by atomic mass is 10.2. The Balaban J connectivity index is 1.88. The van der Waals surface area contributed by atoms with Crippen molar-refractivity contribution in [1.82, 2.24) is 14.9 Å². The number of piperazine rings is 1. The summed E-state index contributed by atoms with van der Waals surface area (Å²) in [5.74, 6) is -0.343. The molecule has 1 saturated heterocycles. The molecule has 0 saturated carbocycles. The molecule has 0 aliphatic carbocycles. The van der Waals surface area contributed by atoms with Crippen LogP contribution in [-0.4, -0.2) is 72.8 Å². The van der Waals surface area contributed by atoms with E-state index in [1.807, 2.05) is 32.6 Å². The molecular formula is C22H30N6O5S. The number of nitrogens with one attached hydrogen (secondary N) is 1. The third-order valence-corrected chi connectivity index (χ3v) is 6.27. The van der Waals surface area contributed by atoms with Gasteiger partial charge in [-0.3, -0.25) is 4.79 Å². The number of benzene rings is 1. The Labute approximate surface area is 199 Å². The number of anilines is 3. The maximum absolute atomic E-state index is 12.4. The van der Waals surface area contributed by atoms with E-state index in [1.165, 1.54) is 12.3 Å². The van der Waals surface area contributed by atoms with Crippen LogP contribution in [0, 0.1) is 0 Å². The molecule has 1 fully saturated rings. The number of ether oxygens (including phenoxy) is 1. The van der Waals surface area contributed by atoms with Crippen molar-refractivity contribution in [2.75, 3.05) is 36.1 Å². The molecule has 12 heteroatoms. The Morgan fingerprint density at radius 3 is 2.47 bits per heavy atom. The molecule has 1 aromatic carbocycles. The van der Waals surface area contributed by atoms with Gasteiger partial charge >= 0.3 is 6.09 Å². The fraction of sp³-hybridized carbons (Fsp3) is 0.455. The number of carbonyl (C=O) groups excluding carboxylic acids is 2. The third kappa shape index (κ3) is 5.93. The highest BCUT2D eigenvalue weighted by atomic mass is 32.2. The van der Waals surface area contributed by atoms with Gasteiger partial charge in [-0.1, -0.05) is 12.1 Å². The molecule has 0 unspecified atom stereocenters. The molecule has 2 heterocycles. The number of primary amides is 1. The van der Waals surface area contributed by atoms with E-state index >= 15 is 0 Å². The number of hydrogen-bond donors (Lipinski definition) is 2. The second-order valence-corrected chi connectivity index (χ2v) is 11.1. The molecule has 2 amide bonds. The number of sulfone groups is 1. The Bertz CT molecular complexity index is 1190. The average molecular weight is 491 g/mol. The topological polar surface area (TPSA) is 148 Å². The Hall–Kier alpha value is -3.41. The van der Waals surface area contributed by atoms with Crippen molar-refractivity contribution in [2.24, 2.45) is 5.73 Å². The van der Waals surface area contributed by atoms with Crippen molar-refractivity contribution in [3.05, 3.63) is 36.0 Å². The van der Waals surface area contributed by atoms with Gasteiger partial charge in [-0.15, -0.1) is 0 Å². The van der Waals surface area contributed by atoms with Crippen LogP contribution in [0.5, 0.6) is 0 Å². The summed E-state index contributed by atoms with van der Waals surface area (Å²) in [5.41, 5.74) is 5.20. The first-order valence-electron chi connectivity index (χ1n) is 10.7. The van der Waals surface area contributed by atoms with Crippen LogP contribution in [0.15, 0.2) is 35.4 Å². The smallest absolute Gasteiger partial charge is 0.410 e. The number of aromatic nitrogens is 2. The highest BCUT2D eigenvalue weighted by molar-refractivity contribution is 7.90. The number of para-hydroxylation sites is 1. The molecule has 34 heavy (non-hydrogen) atoms. The number of hydrogen-bond acceptors (Lipinski definition) is 9. The number of nitrogens with two attached hydrogens (primary N) is 1. The standard InChI is InChI=1S/C22H30N6O5S/c1-14-13-27(21(30)33-22(2,3)4)10-11-28(14)20-24-12-15(18(23)29)19(26-20)25-16-8-6-7-9-17(16)34(5,31)32/h6-9,12,14H,10-11,13H2,1-5H3,(H2,23,29)(H,24,25,26)/t14-/m1/s1. The second kappa shape index (κ2) is 9.45. The monoisotopic (exact) mass is 490 g/mol. The largest absolute Gasteiger partial charge is 0.444 e. The first-order chi connectivity index (χ1) is 15.8. The predicted octanol–water partition coefficient (Wildman–Crippen LogP) is 2.17. The summed E-state index contributed by atoms with van der Waals surface area (Å²) in [6, 6.07) is 6.17. The molecule has 0 spiro atoms.